The van der Waals surface area contributed by atoms with Crippen LogP contribution >= 0.6 is 27.7 Å². The molecule has 0 aliphatic carbocycles. The van der Waals surface area contributed by atoms with Crippen LogP contribution in [0.5, 0.6) is 5.75 Å². The molecule has 3 aliphatic heterocycles. The van der Waals surface area contributed by atoms with Crippen LogP contribution in [0, 0.1) is 0 Å². The first-order valence-electron chi connectivity index (χ1n) is 9.86. The average molecular weight is 522 g/mol. The van der Waals surface area contributed by atoms with Gasteiger partial charge in [-0.1, -0.05) is 28.1 Å². The highest BCUT2D eigenvalue weighted by Gasteiger charge is 2.54. The minimum absolute atomic E-state index is 0.0407. The van der Waals surface area contributed by atoms with Gasteiger partial charge in [-0.15, -0.1) is 11.8 Å². The number of halogens is 1. The second-order valence-corrected chi connectivity index (χ2v) is 9.19. The number of amides is 3. The number of rotatable bonds is 6. The van der Waals surface area contributed by atoms with Gasteiger partial charge >= 0.3 is 5.97 Å². The molecular formula is C21H20BrN3O6S. The van der Waals surface area contributed by atoms with Gasteiger partial charge in [0.25, 0.3) is 5.91 Å². The number of hydrogen-bond acceptors (Lipinski definition) is 6. The fraction of sp³-hybridized carbons (Fsp3) is 0.333. The average Bonchev–Trinajstić information content (AvgIpc) is 3.21. The SMILES string of the molecule is O=C(CBr)N[C@@H]1C(=O)N2C(C(=O)O)=C(C(Cc3ccc(O)cc3)=C3CCNC3=O)CS[C@H]12. The van der Waals surface area contributed by atoms with Gasteiger partial charge in [-0.25, -0.2) is 4.79 Å². The molecule has 1 aromatic rings. The van der Waals surface area contributed by atoms with Gasteiger partial charge in [-0.05, 0) is 41.7 Å². The molecular weight excluding hydrogens is 502 g/mol. The second-order valence-electron chi connectivity index (χ2n) is 7.53. The van der Waals surface area contributed by atoms with Crippen molar-refractivity contribution in [1.82, 2.24) is 15.5 Å². The Labute approximate surface area is 196 Å². The van der Waals surface area contributed by atoms with Gasteiger partial charge in [0.1, 0.15) is 22.9 Å². The number of nitrogens with zero attached hydrogens (tertiary/aromatic N) is 1. The number of carbonyl (C=O) groups is 4. The molecule has 3 heterocycles. The Bertz CT molecular complexity index is 1070. The lowest BCUT2D eigenvalue weighted by Crippen LogP contribution is -2.70. The van der Waals surface area contributed by atoms with Crippen molar-refractivity contribution >= 4 is 51.4 Å². The molecule has 2 fully saturated rings. The fourth-order valence-corrected chi connectivity index (χ4v) is 5.63. The van der Waals surface area contributed by atoms with E-state index >= 15 is 0 Å². The summed E-state index contributed by atoms with van der Waals surface area (Å²) in [5.74, 6) is -1.97. The number of aliphatic carboxylic acids is 1. The monoisotopic (exact) mass is 521 g/mol. The molecule has 9 nitrogen and oxygen atoms in total. The fourth-order valence-electron chi connectivity index (χ4n) is 4.08. The quantitative estimate of drug-likeness (QED) is 0.248. The Morgan fingerprint density at radius 2 is 1.97 bits per heavy atom. The number of carbonyl (C=O) groups excluding carboxylic acids is 3. The van der Waals surface area contributed by atoms with Crippen LogP contribution in [0.4, 0.5) is 0 Å². The van der Waals surface area contributed by atoms with Crippen LogP contribution in [0.1, 0.15) is 12.0 Å². The minimum Gasteiger partial charge on any atom is -0.508 e. The van der Waals surface area contributed by atoms with Gasteiger partial charge in [0.15, 0.2) is 0 Å². The van der Waals surface area contributed by atoms with Crippen molar-refractivity contribution in [1.29, 1.82) is 0 Å². The Kier molecular flexibility index (Phi) is 6.29. The van der Waals surface area contributed by atoms with E-state index in [9.17, 15) is 29.4 Å². The summed E-state index contributed by atoms with van der Waals surface area (Å²) in [6.07, 6.45) is 0.737. The molecule has 0 aromatic heterocycles. The molecule has 0 saturated carbocycles. The first kappa shape index (κ1) is 22.4. The third-order valence-electron chi connectivity index (χ3n) is 5.59. The molecule has 2 atom stereocenters. The number of β-lactam (4-membered cyclic amide) rings is 1. The maximum atomic E-state index is 12.8. The zero-order valence-corrected chi connectivity index (χ0v) is 19.2. The van der Waals surface area contributed by atoms with Gasteiger partial charge in [0, 0.05) is 17.9 Å². The largest absolute Gasteiger partial charge is 0.508 e. The number of fused-ring (bicyclic) bond motifs is 1. The standard InChI is InChI=1S/C21H20BrN3O6S/c22-8-15(27)24-16-19(29)25-17(21(30)31)14(9-32-20(16)25)13(12-5-6-23-18(12)28)7-10-1-3-11(26)4-2-10/h1-4,16,20,26H,5-9H2,(H,23,28)(H,24,27)(H,30,31)/t16-,20-/m1/s1. The van der Waals surface area contributed by atoms with Crippen LogP contribution in [0.15, 0.2) is 46.7 Å². The van der Waals surface area contributed by atoms with Crippen LogP contribution in [0.25, 0.3) is 0 Å². The van der Waals surface area contributed by atoms with E-state index in [1.165, 1.54) is 28.8 Å². The maximum Gasteiger partial charge on any atom is 0.352 e. The van der Waals surface area contributed by atoms with Gasteiger partial charge in [0.2, 0.25) is 11.8 Å². The van der Waals surface area contributed by atoms with Crippen LogP contribution in [-0.2, 0) is 25.6 Å². The van der Waals surface area contributed by atoms with Crippen molar-refractivity contribution in [2.45, 2.75) is 24.3 Å². The van der Waals surface area contributed by atoms with E-state index in [1.54, 1.807) is 12.1 Å². The van der Waals surface area contributed by atoms with Gasteiger partial charge in [-0.2, -0.15) is 0 Å². The van der Waals surface area contributed by atoms with Crippen LogP contribution in [0.2, 0.25) is 0 Å². The number of phenols is 1. The number of alkyl halides is 1. The van der Waals surface area contributed by atoms with E-state index in [1.807, 2.05) is 0 Å². The highest BCUT2D eigenvalue weighted by Crippen LogP contribution is 2.43. The number of thioether (sulfide) groups is 1. The summed E-state index contributed by atoms with van der Waals surface area (Å²) >= 11 is 4.40. The summed E-state index contributed by atoms with van der Waals surface area (Å²) in [6.45, 7) is 0.460. The predicted octanol–water partition coefficient (Wildman–Crippen LogP) is 0.885. The summed E-state index contributed by atoms with van der Waals surface area (Å²) in [7, 11) is 0. The van der Waals surface area contributed by atoms with E-state index in [0.717, 1.165) is 5.56 Å². The van der Waals surface area contributed by atoms with Gasteiger partial charge in [-0.3, -0.25) is 19.3 Å². The number of hydrogen-bond donors (Lipinski definition) is 4. The van der Waals surface area contributed by atoms with E-state index in [2.05, 4.69) is 26.6 Å². The van der Waals surface area contributed by atoms with E-state index in [4.69, 9.17) is 0 Å². The van der Waals surface area contributed by atoms with E-state index in [-0.39, 0.29) is 40.8 Å². The predicted molar refractivity (Wildman–Crippen MR) is 120 cm³/mol. The number of allylic oxidation sites excluding steroid dienone is 1. The lowest BCUT2D eigenvalue weighted by Gasteiger charge is -2.49. The minimum atomic E-state index is -1.26. The maximum absolute atomic E-state index is 12.8. The molecule has 0 bridgehead atoms. The summed E-state index contributed by atoms with van der Waals surface area (Å²) in [4.78, 5) is 50.5. The zero-order valence-electron chi connectivity index (χ0n) is 16.8. The van der Waals surface area contributed by atoms with Crippen molar-refractivity contribution in [3.05, 3.63) is 52.2 Å². The molecule has 32 heavy (non-hydrogen) atoms. The molecule has 0 spiro atoms. The van der Waals surface area contributed by atoms with E-state index < -0.39 is 23.3 Å². The first-order chi connectivity index (χ1) is 15.3. The van der Waals surface area contributed by atoms with Crippen molar-refractivity contribution in [2.75, 3.05) is 17.6 Å². The lowest BCUT2D eigenvalue weighted by atomic mass is 9.90. The Balaban J connectivity index is 1.75. The molecule has 3 amide bonds. The second kappa shape index (κ2) is 8.99. The number of carboxylic acid groups (broad SMARTS) is 1. The van der Waals surface area contributed by atoms with Gasteiger partial charge in [0.05, 0.1) is 5.33 Å². The molecule has 0 radical (unpaired) electrons. The molecule has 0 unspecified atom stereocenters. The van der Waals surface area contributed by atoms with Crippen molar-refractivity contribution in [3.8, 4) is 5.75 Å². The van der Waals surface area contributed by atoms with Crippen molar-refractivity contribution in [2.24, 2.45) is 0 Å². The smallest absolute Gasteiger partial charge is 0.352 e. The highest BCUT2D eigenvalue weighted by atomic mass is 79.9. The number of benzene rings is 1. The normalized spacial score (nSPS) is 24.0. The summed E-state index contributed by atoms with van der Waals surface area (Å²) in [5.41, 5.74) is 2.16. The van der Waals surface area contributed by atoms with Crippen LogP contribution in [-0.4, -0.2) is 67.8 Å². The number of carboxylic acids is 1. The van der Waals surface area contributed by atoms with Crippen LogP contribution in [0.3, 0.4) is 0 Å². The molecule has 2 saturated heterocycles. The molecule has 4 N–H and O–H groups in total. The van der Waals surface area contributed by atoms with Gasteiger partial charge < -0.3 is 20.8 Å². The third kappa shape index (κ3) is 4.02. The van der Waals surface area contributed by atoms with Crippen LogP contribution < -0.4 is 10.6 Å². The Morgan fingerprint density at radius 1 is 1.25 bits per heavy atom. The van der Waals surface area contributed by atoms with Crippen molar-refractivity contribution < 1.29 is 29.4 Å². The Morgan fingerprint density at radius 3 is 2.56 bits per heavy atom. The Hall–Kier alpha value is -2.79. The van der Waals surface area contributed by atoms with Crippen molar-refractivity contribution in [3.63, 3.8) is 0 Å². The summed E-state index contributed by atoms with van der Waals surface area (Å²) in [5, 5.41) is 24.5. The lowest BCUT2D eigenvalue weighted by molar-refractivity contribution is -0.150. The third-order valence-corrected chi connectivity index (χ3v) is 7.38. The number of aromatic hydroxyl groups is 1. The summed E-state index contributed by atoms with van der Waals surface area (Å²) < 4.78 is 0. The topological polar surface area (TPSA) is 136 Å². The molecule has 11 heteroatoms. The summed E-state index contributed by atoms with van der Waals surface area (Å²) in [6, 6.07) is 5.69. The highest BCUT2D eigenvalue weighted by molar-refractivity contribution is 9.09. The number of nitrogens with one attached hydrogen (secondary N) is 2. The molecule has 3 aliphatic rings. The molecule has 168 valence electrons. The zero-order chi connectivity index (χ0) is 23.0. The molecule has 4 rings (SSSR count). The number of phenolic OH excluding ortho intramolecular Hbond substituents is 1. The first-order valence-corrected chi connectivity index (χ1v) is 12.0. The van der Waals surface area contributed by atoms with E-state index in [0.29, 0.717) is 29.7 Å². The molecule has 1 aromatic carbocycles.